The number of unbranched alkanes of at least 4 members (excludes halogenated alkanes) is 13. The fourth-order valence-electron chi connectivity index (χ4n) is 3.45. The smallest absolute Gasteiger partial charge is 0.240 e. The Kier molecular flexibility index (Phi) is 15.5. The first-order valence-electron chi connectivity index (χ1n) is 11.5. The van der Waals surface area contributed by atoms with Crippen LogP contribution in [0.5, 0.6) is 0 Å². The van der Waals surface area contributed by atoms with Gasteiger partial charge < -0.3 is 9.27 Å². The van der Waals surface area contributed by atoms with E-state index in [9.17, 15) is 17.2 Å². The molecule has 2 N–H and O–H groups in total. The molecular formula is C22H38ClN2O4S2-. The average molecular weight is 494 g/mol. The molecule has 0 radical (unpaired) electrons. The molecule has 0 bridgehead atoms. The normalized spacial score (nSPS) is 12.7. The number of nitrogens with one attached hydrogen (secondary N) is 2. The molecule has 0 saturated heterocycles. The monoisotopic (exact) mass is 493 g/mol. The van der Waals surface area contributed by atoms with Gasteiger partial charge in [-0.1, -0.05) is 102 Å². The first-order valence-corrected chi connectivity index (χ1v) is 14.5. The molecular weight excluding hydrogens is 456 g/mol. The topological polar surface area (TPSA) is 98.3 Å². The summed E-state index contributed by atoms with van der Waals surface area (Å²) in [6, 6.07) is 3.93. The van der Waals surface area contributed by atoms with Gasteiger partial charge in [0.05, 0.1) is 15.6 Å². The van der Waals surface area contributed by atoms with Crippen molar-refractivity contribution in [2.24, 2.45) is 0 Å². The summed E-state index contributed by atoms with van der Waals surface area (Å²) in [5, 5.41) is 0.134. The van der Waals surface area contributed by atoms with E-state index in [0.717, 1.165) is 19.3 Å². The van der Waals surface area contributed by atoms with E-state index in [4.69, 9.17) is 11.6 Å². The molecule has 0 aliphatic carbocycles. The van der Waals surface area contributed by atoms with Gasteiger partial charge in [0.1, 0.15) is 0 Å². The van der Waals surface area contributed by atoms with Gasteiger partial charge in [-0.15, -0.1) is 0 Å². The Morgan fingerprint density at radius 1 is 0.871 bits per heavy atom. The van der Waals surface area contributed by atoms with E-state index in [-0.39, 0.29) is 15.6 Å². The van der Waals surface area contributed by atoms with E-state index in [1.807, 2.05) is 0 Å². The Bertz CT molecular complexity index is 745. The summed E-state index contributed by atoms with van der Waals surface area (Å²) in [6.45, 7) is 2.61. The predicted octanol–water partition coefficient (Wildman–Crippen LogP) is 6.31. The molecule has 6 nitrogen and oxygen atoms in total. The number of hydrogen-bond donors (Lipinski definition) is 2. The quantitative estimate of drug-likeness (QED) is 0.174. The Hall–Kier alpha value is -0.670. The zero-order chi connectivity index (χ0) is 23.0. The third-order valence-corrected chi connectivity index (χ3v) is 7.44. The zero-order valence-electron chi connectivity index (χ0n) is 18.7. The maximum atomic E-state index is 12.4. The van der Waals surface area contributed by atoms with Crippen LogP contribution in [-0.2, 0) is 21.3 Å². The highest BCUT2D eigenvalue weighted by Gasteiger charge is 2.15. The highest BCUT2D eigenvalue weighted by atomic mass is 35.5. The van der Waals surface area contributed by atoms with E-state index < -0.39 is 21.3 Å². The highest BCUT2D eigenvalue weighted by molar-refractivity contribution is 7.89. The minimum absolute atomic E-state index is 0.0183. The van der Waals surface area contributed by atoms with E-state index in [0.29, 0.717) is 6.54 Å². The number of benzene rings is 1. The van der Waals surface area contributed by atoms with Gasteiger partial charge in [0.25, 0.3) is 0 Å². The molecule has 1 aromatic carbocycles. The van der Waals surface area contributed by atoms with Crippen LogP contribution in [-0.4, -0.2) is 23.7 Å². The second-order valence-corrected chi connectivity index (χ2v) is 10.8. The minimum atomic E-state index is -3.70. The Morgan fingerprint density at radius 2 is 1.35 bits per heavy atom. The summed E-state index contributed by atoms with van der Waals surface area (Å²) in [5.41, 5.74) is 0.0365. The molecule has 31 heavy (non-hydrogen) atoms. The molecule has 180 valence electrons. The SMILES string of the molecule is CCCCCCCCCCCCCCCCNS(=O)(=O)c1ccc(Cl)c(NS(=O)[O-])c1. The summed E-state index contributed by atoms with van der Waals surface area (Å²) >= 11 is 3.31. The van der Waals surface area contributed by atoms with Crippen molar-refractivity contribution in [3.63, 3.8) is 0 Å². The van der Waals surface area contributed by atoms with Crippen LogP contribution in [0, 0.1) is 0 Å². The van der Waals surface area contributed by atoms with Crippen LogP contribution in [0.25, 0.3) is 0 Å². The van der Waals surface area contributed by atoms with Crippen molar-refractivity contribution in [1.29, 1.82) is 0 Å². The van der Waals surface area contributed by atoms with Crippen molar-refractivity contribution in [2.75, 3.05) is 11.3 Å². The summed E-state index contributed by atoms with van der Waals surface area (Å²) in [6.07, 6.45) is 17.5. The number of halogens is 1. The number of rotatable bonds is 19. The molecule has 0 saturated carbocycles. The summed E-state index contributed by atoms with van der Waals surface area (Å²) in [5.74, 6) is 0. The van der Waals surface area contributed by atoms with Crippen molar-refractivity contribution in [1.82, 2.24) is 4.72 Å². The molecule has 1 aromatic rings. The lowest BCUT2D eigenvalue weighted by molar-refractivity contribution is 0.533. The largest absolute Gasteiger partial charge is 0.755 e. The zero-order valence-corrected chi connectivity index (χ0v) is 21.1. The van der Waals surface area contributed by atoms with Crippen LogP contribution in [0.4, 0.5) is 5.69 Å². The van der Waals surface area contributed by atoms with Crippen molar-refractivity contribution in [3.05, 3.63) is 23.2 Å². The van der Waals surface area contributed by atoms with Crippen LogP contribution < -0.4 is 9.44 Å². The second kappa shape index (κ2) is 16.9. The fraction of sp³-hybridized carbons (Fsp3) is 0.727. The Balaban J connectivity index is 2.10. The van der Waals surface area contributed by atoms with Gasteiger partial charge in [-0.2, -0.15) is 0 Å². The minimum Gasteiger partial charge on any atom is -0.755 e. The molecule has 1 rings (SSSR count). The molecule has 9 heteroatoms. The Labute approximate surface area is 196 Å². The lowest BCUT2D eigenvalue weighted by Crippen LogP contribution is -2.25. The van der Waals surface area contributed by atoms with Crippen molar-refractivity contribution in [3.8, 4) is 0 Å². The van der Waals surface area contributed by atoms with Crippen LogP contribution in [0.15, 0.2) is 23.1 Å². The Morgan fingerprint density at radius 3 is 1.84 bits per heavy atom. The van der Waals surface area contributed by atoms with Crippen LogP contribution in [0.2, 0.25) is 5.02 Å². The van der Waals surface area contributed by atoms with Gasteiger partial charge in [-0.25, -0.2) is 13.1 Å². The molecule has 0 spiro atoms. The second-order valence-electron chi connectivity index (χ2n) is 7.97. The number of sulfonamides is 1. The third-order valence-electron chi connectivity index (χ3n) is 5.26. The van der Waals surface area contributed by atoms with E-state index in [1.165, 1.54) is 88.8 Å². The van der Waals surface area contributed by atoms with Gasteiger partial charge >= 0.3 is 0 Å². The maximum absolute atomic E-state index is 12.4. The van der Waals surface area contributed by atoms with Crippen molar-refractivity contribution >= 4 is 38.6 Å². The molecule has 0 amide bonds. The van der Waals surface area contributed by atoms with E-state index >= 15 is 0 Å². The standard InChI is InChI=1S/C22H39ClN2O4S2/c1-2-3-4-5-6-7-8-9-10-11-12-13-14-15-18-24-31(28,29)20-16-17-21(23)22(19-20)25-30(26)27/h16-17,19,24-25H,2-15,18H2,1H3,(H,26,27)/p-1. The highest BCUT2D eigenvalue weighted by Crippen LogP contribution is 2.25. The third kappa shape index (κ3) is 13.5. The average Bonchev–Trinajstić information content (AvgIpc) is 2.72. The van der Waals surface area contributed by atoms with Gasteiger partial charge in [0, 0.05) is 17.8 Å². The summed E-state index contributed by atoms with van der Waals surface area (Å²) in [7, 11) is -3.70. The van der Waals surface area contributed by atoms with Crippen LogP contribution in [0.3, 0.4) is 0 Å². The van der Waals surface area contributed by atoms with Gasteiger partial charge in [-0.05, 0) is 24.6 Å². The van der Waals surface area contributed by atoms with E-state index in [2.05, 4.69) is 16.4 Å². The molecule has 0 aromatic heterocycles. The molecule has 1 atom stereocenters. The first kappa shape index (κ1) is 28.4. The van der Waals surface area contributed by atoms with Crippen LogP contribution in [0.1, 0.15) is 96.8 Å². The maximum Gasteiger partial charge on any atom is 0.240 e. The molecule has 0 aliphatic heterocycles. The lowest BCUT2D eigenvalue weighted by atomic mass is 10.0. The summed E-state index contributed by atoms with van der Waals surface area (Å²) < 4.78 is 51.0. The first-order chi connectivity index (χ1) is 14.9. The van der Waals surface area contributed by atoms with Gasteiger partial charge in [0.15, 0.2) is 0 Å². The van der Waals surface area contributed by atoms with Gasteiger partial charge in [0.2, 0.25) is 10.0 Å². The van der Waals surface area contributed by atoms with Crippen molar-refractivity contribution < 1.29 is 17.2 Å². The van der Waals surface area contributed by atoms with E-state index in [1.54, 1.807) is 0 Å². The molecule has 0 fully saturated rings. The van der Waals surface area contributed by atoms with Crippen LogP contribution >= 0.6 is 11.6 Å². The van der Waals surface area contributed by atoms with Crippen molar-refractivity contribution in [2.45, 2.75) is 102 Å². The predicted molar refractivity (Wildman–Crippen MR) is 129 cm³/mol. The molecule has 0 heterocycles. The molecule has 1 unspecified atom stereocenters. The lowest BCUT2D eigenvalue weighted by Gasteiger charge is -2.12. The number of hydrogen-bond acceptors (Lipinski definition) is 4. The molecule has 0 aliphatic rings. The number of anilines is 1. The summed E-state index contributed by atoms with van der Waals surface area (Å²) in [4.78, 5) is -0.0183. The van der Waals surface area contributed by atoms with Gasteiger partial charge in [-0.3, -0.25) is 4.21 Å². The fourth-order valence-corrected chi connectivity index (χ4v) is 5.12.